The first kappa shape index (κ1) is 23.7. The molecule has 1 heterocycles. The van der Waals surface area contributed by atoms with Crippen molar-refractivity contribution in [3.8, 4) is 5.75 Å². The number of hydrogen-bond acceptors (Lipinski definition) is 5. The summed E-state index contributed by atoms with van der Waals surface area (Å²) in [6.45, 7) is -0.503. The van der Waals surface area contributed by atoms with E-state index < -0.39 is 34.1 Å². The summed E-state index contributed by atoms with van der Waals surface area (Å²) in [6.07, 6.45) is 1.43. The Morgan fingerprint density at radius 1 is 1.03 bits per heavy atom. The molecule has 8 nitrogen and oxygen atoms in total. The molecule has 0 bridgehead atoms. The first-order valence-corrected chi connectivity index (χ1v) is 12.1. The number of carbonyl (C=O) groups excluding carboxylic acids is 2. The van der Waals surface area contributed by atoms with E-state index in [-0.39, 0.29) is 29.2 Å². The lowest BCUT2D eigenvalue weighted by molar-refractivity contribution is 0.0913. The number of primary amides is 1. The minimum atomic E-state index is -3.77. The molecule has 0 radical (unpaired) electrons. The lowest BCUT2D eigenvalue weighted by Crippen LogP contribution is -2.20. The van der Waals surface area contributed by atoms with Gasteiger partial charge < -0.3 is 15.0 Å². The summed E-state index contributed by atoms with van der Waals surface area (Å²) in [5.41, 5.74) is 6.12. The number of ketones is 1. The number of primary sulfonamides is 1. The second-order valence-corrected chi connectivity index (χ2v) is 9.85. The highest BCUT2D eigenvalue weighted by Crippen LogP contribution is 2.29. The van der Waals surface area contributed by atoms with Crippen molar-refractivity contribution in [2.24, 2.45) is 10.9 Å². The molecule has 4 N–H and O–H groups in total. The number of carbonyl (C=O) groups is 2. The van der Waals surface area contributed by atoms with Crippen LogP contribution in [0.2, 0.25) is 5.02 Å². The molecule has 11 heteroatoms. The topological polar surface area (TPSA) is 134 Å². The van der Waals surface area contributed by atoms with Crippen LogP contribution in [-0.4, -0.2) is 37.0 Å². The maximum absolute atomic E-state index is 13.8. The number of fused-ring (bicyclic) bond motifs is 2. The molecule has 0 fully saturated rings. The number of nitrogens with zero attached hydrogens (tertiary/aromatic N) is 1. The van der Waals surface area contributed by atoms with Gasteiger partial charge in [-0.2, -0.15) is 0 Å². The molecule has 176 valence electrons. The minimum Gasteiger partial charge on any atom is -0.485 e. The summed E-state index contributed by atoms with van der Waals surface area (Å²) in [7, 11) is -3.77. The fraction of sp³-hybridized carbons (Fsp3) is 0.130. The summed E-state index contributed by atoms with van der Waals surface area (Å²) >= 11 is 6.01. The highest BCUT2D eigenvalue weighted by Gasteiger charge is 2.19. The van der Waals surface area contributed by atoms with Gasteiger partial charge in [0.2, 0.25) is 15.8 Å². The molecule has 0 aliphatic rings. The molecule has 0 aliphatic heterocycles. The number of nitrogens with two attached hydrogens (primary N) is 2. The van der Waals surface area contributed by atoms with Gasteiger partial charge in [0.25, 0.3) is 5.91 Å². The second kappa shape index (κ2) is 9.05. The van der Waals surface area contributed by atoms with Gasteiger partial charge in [-0.05, 0) is 53.2 Å². The minimum absolute atomic E-state index is 0.0635. The fourth-order valence-corrected chi connectivity index (χ4v) is 4.31. The lowest BCUT2D eigenvalue weighted by atomic mass is 10.1. The zero-order chi connectivity index (χ0) is 24.6. The second-order valence-electron chi connectivity index (χ2n) is 7.68. The third-order valence-electron chi connectivity index (χ3n) is 5.29. The summed E-state index contributed by atoms with van der Waals surface area (Å²) in [5, 5.41) is 7.40. The summed E-state index contributed by atoms with van der Waals surface area (Å²) in [5.74, 6) is -2.00. The van der Waals surface area contributed by atoms with E-state index in [9.17, 15) is 22.4 Å². The van der Waals surface area contributed by atoms with Crippen LogP contribution in [0, 0.1) is 5.82 Å². The number of amides is 1. The van der Waals surface area contributed by atoms with Gasteiger partial charge in [0, 0.05) is 28.7 Å². The Morgan fingerprint density at radius 2 is 1.79 bits per heavy atom. The normalized spacial score (nSPS) is 11.7. The summed E-state index contributed by atoms with van der Waals surface area (Å²) in [6, 6.07) is 12.0. The monoisotopic (exact) mass is 503 g/mol. The molecule has 1 amide bonds. The molecule has 4 rings (SSSR count). The van der Waals surface area contributed by atoms with Gasteiger partial charge in [-0.3, -0.25) is 9.59 Å². The summed E-state index contributed by atoms with van der Waals surface area (Å²) < 4.78 is 43.7. The van der Waals surface area contributed by atoms with Crippen molar-refractivity contribution < 1.29 is 27.1 Å². The van der Waals surface area contributed by atoms with E-state index in [0.717, 1.165) is 5.39 Å². The standard InChI is InChI=1S/C23H19ClFN3O5S/c24-15-2-1-13-9-22(18(23(26)30)8-14(13)7-15)33-12-21(29)19-11-28(5-6-34(27,31)32)20-10-16(25)3-4-17(19)20/h1-4,7-11H,5-6,12H2,(H2,26,30)(H2,27,31,32). The molecular formula is C23H19ClFN3O5S. The molecule has 4 aromatic rings. The number of halogens is 2. The van der Waals surface area contributed by atoms with Crippen molar-refractivity contribution in [3.05, 3.63) is 76.7 Å². The molecule has 0 atom stereocenters. The quantitative estimate of drug-likeness (QED) is 0.356. The van der Waals surface area contributed by atoms with Crippen LogP contribution < -0.4 is 15.6 Å². The number of hydrogen-bond donors (Lipinski definition) is 2. The van der Waals surface area contributed by atoms with E-state index in [1.54, 1.807) is 24.3 Å². The van der Waals surface area contributed by atoms with E-state index in [2.05, 4.69) is 0 Å². The number of aromatic nitrogens is 1. The Hall–Kier alpha value is -3.47. The first-order chi connectivity index (χ1) is 16.0. The average Bonchev–Trinajstić information content (AvgIpc) is 3.12. The predicted octanol–water partition coefficient (Wildman–Crippen LogP) is 3.24. The molecule has 1 aromatic heterocycles. The van der Waals surface area contributed by atoms with Gasteiger partial charge in [-0.15, -0.1) is 0 Å². The highest BCUT2D eigenvalue weighted by molar-refractivity contribution is 7.89. The molecule has 0 saturated carbocycles. The number of Topliss-reactive ketones (excluding diaryl/α,β-unsaturated/α-hetero) is 1. The predicted molar refractivity (Wildman–Crippen MR) is 127 cm³/mol. The van der Waals surface area contributed by atoms with Gasteiger partial charge in [-0.1, -0.05) is 17.7 Å². The van der Waals surface area contributed by atoms with Gasteiger partial charge in [0.1, 0.15) is 11.6 Å². The van der Waals surface area contributed by atoms with Gasteiger partial charge in [0.05, 0.1) is 16.8 Å². The van der Waals surface area contributed by atoms with E-state index in [1.165, 1.54) is 35.0 Å². The van der Waals surface area contributed by atoms with Gasteiger partial charge >= 0.3 is 0 Å². The Bertz CT molecular complexity index is 1570. The Morgan fingerprint density at radius 3 is 2.50 bits per heavy atom. The molecule has 0 saturated heterocycles. The smallest absolute Gasteiger partial charge is 0.252 e. The van der Waals surface area contributed by atoms with Crippen LogP contribution in [0.4, 0.5) is 4.39 Å². The zero-order valence-electron chi connectivity index (χ0n) is 17.6. The number of aryl methyl sites for hydroxylation is 1. The van der Waals surface area contributed by atoms with E-state index in [1.807, 2.05) is 0 Å². The Balaban J connectivity index is 1.65. The van der Waals surface area contributed by atoms with Crippen molar-refractivity contribution in [2.75, 3.05) is 12.4 Å². The van der Waals surface area contributed by atoms with Crippen molar-refractivity contribution >= 4 is 55.0 Å². The maximum Gasteiger partial charge on any atom is 0.252 e. The lowest BCUT2D eigenvalue weighted by Gasteiger charge is -2.11. The van der Waals surface area contributed by atoms with Crippen molar-refractivity contribution in [1.29, 1.82) is 0 Å². The van der Waals surface area contributed by atoms with E-state index in [0.29, 0.717) is 21.3 Å². The number of sulfonamides is 1. The Labute approximate surface area is 198 Å². The van der Waals surface area contributed by atoms with Crippen LogP contribution in [0.15, 0.2) is 54.7 Å². The largest absolute Gasteiger partial charge is 0.485 e. The molecule has 34 heavy (non-hydrogen) atoms. The zero-order valence-corrected chi connectivity index (χ0v) is 19.2. The van der Waals surface area contributed by atoms with Crippen LogP contribution in [-0.2, 0) is 16.6 Å². The molecular weight excluding hydrogens is 485 g/mol. The molecule has 3 aromatic carbocycles. The van der Waals surface area contributed by atoms with Crippen molar-refractivity contribution in [2.45, 2.75) is 6.54 Å². The van der Waals surface area contributed by atoms with E-state index in [4.69, 9.17) is 27.2 Å². The van der Waals surface area contributed by atoms with Crippen molar-refractivity contribution in [3.63, 3.8) is 0 Å². The van der Waals surface area contributed by atoms with Crippen LogP contribution in [0.1, 0.15) is 20.7 Å². The summed E-state index contributed by atoms with van der Waals surface area (Å²) in [4.78, 5) is 25.0. The van der Waals surface area contributed by atoms with Crippen molar-refractivity contribution in [1.82, 2.24) is 4.57 Å². The maximum atomic E-state index is 13.8. The van der Waals surface area contributed by atoms with Gasteiger partial charge in [0.15, 0.2) is 6.61 Å². The number of ether oxygens (including phenoxy) is 1. The third-order valence-corrected chi connectivity index (χ3v) is 6.27. The average molecular weight is 504 g/mol. The molecule has 0 aliphatic carbocycles. The van der Waals surface area contributed by atoms with Crippen LogP contribution >= 0.6 is 11.6 Å². The number of rotatable bonds is 8. The molecule has 0 unspecified atom stereocenters. The van der Waals surface area contributed by atoms with Crippen LogP contribution in [0.3, 0.4) is 0 Å². The Kier molecular flexibility index (Phi) is 6.30. The molecule has 0 spiro atoms. The van der Waals surface area contributed by atoms with Crippen LogP contribution in [0.25, 0.3) is 21.7 Å². The van der Waals surface area contributed by atoms with Gasteiger partial charge in [-0.25, -0.2) is 17.9 Å². The SMILES string of the molecule is NC(=O)c1cc2cc(Cl)ccc2cc1OCC(=O)c1cn(CCS(N)(=O)=O)c2cc(F)ccc12. The number of benzene rings is 3. The first-order valence-electron chi connectivity index (χ1n) is 10.00. The fourth-order valence-electron chi connectivity index (χ4n) is 3.68. The van der Waals surface area contributed by atoms with E-state index >= 15 is 0 Å². The highest BCUT2D eigenvalue weighted by atomic mass is 35.5. The van der Waals surface area contributed by atoms with Crippen LogP contribution in [0.5, 0.6) is 5.75 Å². The third kappa shape index (κ3) is 5.04.